The minimum absolute atomic E-state index is 0.107. The van der Waals surface area contributed by atoms with Crippen LogP contribution < -0.4 is 20.3 Å². The van der Waals surface area contributed by atoms with E-state index >= 15 is 0 Å². The number of oxazole rings is 1. The van der Waals surface area contributed by atoms with Gasteiger partial charge in [-0.05, 0) is 49.9 Å². The number of hydrogen-bond acceptors (Lipinski definition) is 8. The molecule has 1 saturated heterocycles. The summed E-state index contributed by atoms with van der Waals surface area (Å²) in [6.45, 7) is 1.78. The molecule has 3 aromatic rings. The second-order valence-corrected chi connectivity index (χ2v) is 9.74. The fraction of sp³-hybridized carbons (Fsp3) is 0.444. The minimum atomic E-state index is -0.422. The van der Waals surface area contributed by atoms with Crippen LogP contribution in [0.4, 0.5) is 21.8 Å². The Morgan fingerprint density at radius 3 is 2.62 bits per heavy atom. The Labute approximate surface area is 215 Å². The fourth-order valence-corrected chi connectivity index (χ4v) is 5.39. The third-order valence-corrected chi connectivity index (χ3v) is 7.32. The minimum Gasteiger partial charge on any atom is -0.497 e. The van der Waals surface area contributed by atoms with Crippen molar-refractivity contribution in [2.24, 2.45) is 0 Å². The second kappa shape index (κ2) is 11.2. The number of anilines is 2. The van der Waals surface area contributed by atoms with E-state index in [2.05, 4.69) is 20.5 Å². The summed E-state index contributed by atoms with van der Waals surface area (Å²) in [6.07, 6.45) is 7.99. The van der Waals surface area contributed by atoms with Crippen LogP contribution in [0.25, 0.3) is 11.3 Å². The molecule has 2 aliphatic rings. The molecule has 196 valence electrons. The standard InChI is InChI=1S/C27H32FN5O4/c1-36-21-12-13-22(23(28)15-21)26-16-29-27(37-26)31-25-7-3-2-6-24(25)30-18-5-4-14-32(17-18)19-8-10-20(11-9-19)33(34)35/h8-13,15-16,18,24-25,30H,2-7,14,17H2,1H3,(H,29,31)/t18-,24?,25?/m0/s1. The lowest BCUT2D eigenvalue weighted by atomic mass is 9.89. The van der Waals surface area contributed by atoms with Crippen molar-refractivity contribution in [1.82, 2.24) is 10.3 Å². The van der Waals surface area contributed by atoms with Crippen molar-refractivity contribution >= 4 is 17.4 Å². The molecule has 0 bridgehead atoms. The number of rotatable bonds is 8. The monoisotopic (exact) mass is 509 g/mol. The van der Waals surface area contributed by atoms with E-state index in [4.69, 9.17) is 9.15 Å². The average molecular weight is 510 g/mol. The Morgan fingerprint density at radius 2 is 1.89 bits per heavy atom. The van der Waals surface area contributed by atoms with Crippen LogP contribution in [-0.2, 0) is 0 Å². The Bertz CT molecular complexity index is 1220. The first-order chi connectivity index (χ1) is 18.0. The zero-order valence-corrected chi connectivity index (χ0v) is 20.9. The van der Waals surface area contributed by atoms with Crippen LogP contribution in [0.5, 0.6) is 5.75 Å². The molecule has 0 amide bonds. The van der Waals surface area contributed by atoms with E-state index in [-0.39, 0.29) is 22.7 Å². The molecule has 1 aliphatic heterocycles. The molecule has 5 rings (SSSR count). The summed E-state index contributed by atoms with van der Waals surface area (Å²) in [5, 5.41) is 18.3. The molecule has 2 aromatic carbocycles. The van der Waals surface area contributed by atoms with Gasteiger partial charge in [0, 0.05) is 55.1 Å². The van der Waals surface area contributed by atoms with Crippen molar-refractivity contribution in [2.75, 3.05) is 30.4 Å². The lowest BCUT2D eigenvalue weighted by Gasteiger charge is -2.40. The highest BCUT2D eigenvalue weighted by Crippen LogP contribution is 2.30. The molecule has 37 heavy (non-hydrogen) atoms. The van der Waals surface area contributed by atoms with Gasteiger partial charge in [-0.2, -0.15) is 0 Å². The molecule has 2 N–H and O–H groups in total. The topological polar surface area (TPSA) is 106 Å². The molecule has 3 atom stereocenters. The number of non-ortho nitro benzene ring substituents is 1. The maximum absolute atomic E-state index is 14.5. The Hall–Kier alpha value is -3.66. The van der Waals surface area contributed by atoms with Crippen molar-refractivity contribution in [2.45, 2.75) is 56.7 Å². The first-order valence-electron chi connectivity index (χ1n) is 12.8. The van der Waals surface area contributed by atoms with E-state index < -0.39 is 5.82 Å². The summed E-state index contributed by atoms with van der Waals surface area (Å²) in [7, 11) is 1.50. The predicted octanol–water partition coefficient (Wildman–Crippen LogP) is 5.38. The zero-order valence-electron chi connectivity index (χ0n) is 20.9. The van der Waals surface area contributed by atoms with Crippen molar-refractivity contribution < 1.29 is 18.5 Å². The summed E-state index contributed by atoms with van der Waals surface area (Å²) < 4.78 is 25.4. The third-order valence-electron chi connectivity index (χ3n) is 7.32. The number of nitrogens with one attached hydrogen (secondary N) is 2. The highest BCUT2D eigenvalue weighted by molar-refractivity contribution is 5.59. The number of aromatic nitrogens is 1. The van der Waals surface area contributed by atoms with Gasteiger partial charge in [-0.15, -0.1) is 0 Å². The quantitative estimate of drug-likeness (QED) is 0.308. The molecule has 10 heteroatoms. The number of ether oxygens (including phenoxy) is 1. The van der Waals surface area contributed by atoms with E-state index in [1.165, 1.54) is 13.2 Å². The van der Waals surface area contributed by atoms with Gasteiger partial charge in [-0.1, -0.05) is 12.8 Å². The Kier molecular flexibility index (Phi) is 7.55. The van der Waals surface area contributed by atoms with Gasteiger partial charge in [-0.3, -0.25) is 10.1 Å². The van der Waals surface area contributed by atoms with E-state index in [1.54, 1.807) is 30.5 Å². The van der Waals surface area contributed by atoms with Crippen molar-refractivity contribution in [3.05, 3.63) is 64.6 Å². The number of nitro benzene ring substituents is 1. The van der Waals surface area contributed by atoms with Crippen LogP contribution in [0.3, 0.4) is 0 Å². The molecule has 0 radical (unpaired) electrons. The SMILES string of the molecule is COc1ccc(-c2cnc(NC3CCCCC3N[C@H]3CCCN(c4ccc([N+](=O)[O-])cc4)C3)o2)c(F)c1. The maximum atomic E-state index is 14.5. The van der Waals surface area contributed by atoms with Crippen LogP contribution >= 0.6 is 0 Å². The normalized spacial score (nSPS) is 22.0. The summed E-state index contributed by atoms with van der Waals surface area (Å²) in [5.74, 6) is 0.396. The van der Waals surface area contributed by atoms with Crippen molar-refractivity contribution in [3.63, 3.8) is 0 Å². The summed E-state index contributed by atoms with van der Waals surface area (Å²) in [5.41, 5.74) is 1.46. The van der Waals surface area contributed by atoms with Crippen molar-refractivity contribution in [3.8, 4) is 17.1 Å². The highest BCUT2D eigenvalue weighted by atomic mass is 19.1. The molecule has 1 saturated carbocycles. The molecule has 9 nitrogen and oxygen atoms in total. The smallest absolute Gasteiger partial charge is 0.295 e. The number of hydrogen-bond donors (Lipinski definition) is 2. The van der Waals surface area contributed by atoms with Crippen LogP contribution in [0.2, 0.25) is 0 Å². The molecular weight excluding hydrogens is 477 g/mol. The van der Waals surface area contributed by atoms with Gasteiger partial charge in [0.1, 0.15) is 11.6 Å². The lowest BCUT2D eigenvalue weighted by Crippen LogP contribution is -2.54. The van der Waals surface area contributed by atoms with Gasteiger partial charge >= 0.3 is 0 Å². The molecule has 1 aromatic heterocycles. The number of methoxy groups -OCH3 is 1. The van der Waals surface area contributed by atoms with E-state index in [1.807, 2.05) is 12.1 Å². The van der Waals surface area contributed by atoms with Gasteiger partial charge in [0.25, 0.3) is 11.7 Å². The predicted molar refractivity (Wildman–Crippen MR) is 140 cm³/mol. The fourth-order valence-electron chi connectivity index (χ4n) is 5.39. The van der Waals surface area contributed by atoms with E-state index in [0.29, 0.717) is 29.1 Å². The number of nitro groups is 1. The first-order valence-corrected chi connectivity index (χ1v) is 12.8. The number of halogens is 1. The molecule has 2 unspecified atom stereocenters. The average Bonchev–Trinajstić information content (AvgIpc) is 3.38. The molecular formula is C27H32FN5O4. The molecule has 0 spiro atoms. The molecule has 1 aliphatic carbocycles. The maximum Gasteiger partial charge on any atom is 0.295 e. The Balaban J connectivity index is 1.22. The van der Waals surface area contributed by atoms with Crippen LogP contribution in [-0.4, -0.2) is 48.2 Å². The first kappa shape index (κ1) is 25.0. The van der Waals surface area contributed by atoms with Gasteiger partial charge < -0.3 is 24.7 Å². The molecule has 2 fully saturated rings. The summed E-state index contributed by atoms with van der Waals surface area (Å²) in [6, 6.07) is 12.5. The lowest BCUT2D eigenvalue weighted by molar-refractivity contribution is -0.384. The van der Waals surface area contributed by atoms with E-state index in [0.717, 1.165) is 57.3 Å². The van der Waals surface area contributed by atoms with Gasteiger partial charge in [-0.25, -0.2) is 9.37 Å². The number of piperidine rings is 1. The highest BCUT2D eigenvalue weighted by Gasteiger charge is 2.30. The summed E-state index contributed by atoms with van der Waals surface area (Å²) in [4.78, 5) is 17.3. The van der Waals surface area contributed by atoms with Gasteiger partial charge in [0.2, 0.25) is 0 Å². The van der Waals surface area contributed by atoms with Gasteiger partial charge in [0.05, 0.1) is 23.8 Å². The van der Waals surface area contributed by atoms with Crippen LogP contribution in [0.1, 0.15) is 38.5 Å². The largest absolute Gasteiger partial charge is 0.497 e. The van der Waals surface area contributed by atoms with E-state index in [9.17, 15) is 14.5 Å². The van der Waals surface area contributed by atoms with Crippen molar-refractivity contribution in [1.29, 1.82) is 0 Å². The number of benzene rings is 2. The third kappa shape index (κ3) is 5.85. The second-order valence-electron chi connectivity index (χ2n) is 9.74. The zero-order chi connectivity index (χ0) is 25.8. The molecule has 2 heterocycles. The van der Waals surface area contributed by atoms with Gasteiger partial charge in [0.15, 0.2) is 5.76 Å². The van der Waals surface area contributed by atoms with Crippen LogP contribution in [0.15, 0.2) is 53.1 Å². The van der Waals surface area contributed by atoms with Crippen LogP contribution in [0, 0.1) is 15.9 Å². The number of nitrogens with zero attached hydrogens (tertiary/aromatic N) is 3. The Morgan fingerprint density at radius 1 is 1.11 bits per heavy atom. The summed E-state index contributed by atoms with van der Waals surface area (Å²) >= 11 is 0.